The van der Waals surface area contributed by atoms with Crippen LogP contribution >= 0.6 is 11.3 Å². The second-order valence-electron chi connectivity index (χ2n) is 5.12. The van der Waals surface area contributed by atoms with Gasteiger partial charge in [0.1, 0.15) is 12.1 Å². The smallest absolute Gasteiger partial charge is 0.137 e. The Kier molecular flexibility index (Phi) is 4.13. The summed E-state index contributed by atoms with van der Waals surface area (Å²) in [5.74, 6) is 0.893. The first-order valence-electron chi connectivity index (χ1n) is 6.89. The van der Waals surface area contributed by atoms with E-state index in [0.29, 0.717) is 6.04 Å². The van der Waals surface area contributed by atoms with E-state index in [-0.39, 0.29) is 0 Å². The van der Waals surface area contributed by atoms with Crippen LogP contribution in [0.5, 0.6) is 0 Å². The first-order chi connectivity index (χ1) is 10.3. The van der Waals surface area contributed by atoms with E-state index in [0.717, 1.165) is 23.3 Å². The lowest BCUT2D eigenvalue weighted by molar-refractivity contribution is 0.316. The molecule has 0 fully saturated rings. The number of hydrogen-bond donors (Lipinski definition) is 1. The predicted molar refractivity (Wildman–Crippen MR) is 88.8 cm³/mol. The Hall–Kier alpha value is -1.98. The molecule has 1 atom stereocenters. The quantitative estimate of drug-likeness (QED) is 0.784. The molecule has 1 N–H and O–H groups in total. The van der Waals surface area contributed by atoms with Crippen LogP contribution in [0.1, 0.15) is 10.9 Å². The van der Waals surface area contributed by atoms with Gasteiger partial charge in [0.15, 0.2) is 0 Å². The van der Waals surface area contributed by atoms with Crippen LogP contribution in [0, 0.1) is 0 Å². The molecular weight excluding hydrogens is 280 g/mol. The fraction of sp³-hybridized carbons (Fsp3) is 0.250. The van der Waals surface area contributed by atoms with Gasteiger partial charge < -0.3 is 10.2 Å². The van der Waals surface area contributed by atoms with Gasteiger partial charge in [-0.05, 0) is 37.7 Å². The summed E-state index contributed by atoms with van der Waals surface area (Å²) in [4.78, 5) is 12.3. The molecule has 5 heteroatoms. The normalized spacial score (nSPS) is 12.7. The molecule has 4 nitrogen and oxygen atoms in total. The van der Waals surface area contributed by atoms with Crippen LogP contribution < -0.4 is 5.32 Å². The summed E-state index contributed by atoms with van der Waals surface area (Å²) in [7, 11) is 4.20. The van der Waals surface area contributed by atoms with Crippen LogP contribution in [0.15, 0.2) is 48.1 Å². The average Bonchev–Trinajstić information content (AvgIpc) is 3.01. The van der Waals surface area contributed by atoms with E-state index >= 15 is 0 Å². The van der Waals surface area contributed by atoms with Crippen LogP contribution in [0.4, 0.5) is 5.82 Å². The average molecular weight is 298 g/mol. The van der Waals surface area contributed by atoms with Crippen molar-refractivity contribution in [2.75, 3.05) is 26.0 Å². The van der Waals surface area contributed by atoms with Crippen molar-refractivity contribution in [1.82, 2.24) is 14.9 Å². The fourth-order valence-electron chi connectivity index (χ4n) is 2.36. The molecule has 0 bridgehead atoms. The van der Waals surface area contributed by atoms with E-state index in [9.17, 15) is 0 Å². The lowest BCUT2D eigenvalue weighted by atomic mass is 10.2. The van der Waals surface area contributed by atoms with Crippen molar-refractivity contribution in [3.05, 3.63) is 53.0 Å². The third kappa shape index (κ3) is 3.04. The zero-order chi connectivity index (χ0) is 14.7. The first-order valence-corrected chi connectivity index (χ1v) is 7.77. The third-order valence-corrected chi connectivity index (χ3v) is 4.47. The molecule has 0 aliphatic rings. The molecule has 0 unspecified atom stereocenters. The van der Waals surface area contributed by atoms with Crippen LogP contribution in [-0.2, 0) is 0 Å². The second kappa shape index (κ2) is 6.20. The number of nitrogens with zero attached hydrogens (tertiary/aromatic N) is 3. The lowest BCUT2D eigenvalue weighted by Gasteiger charge is -2.24. The number of anilines is 1. The van der Waals surface area contributed by atoms with Crippen LogP contribution in [-0.4, -0.2) is 35.5 Å². The van der Waals surface area contributed by atoms with E-state index in [1.165, 1.54) is 4.88 Å². The topological polar surface area (TPSA) is 41.0 Å². The second-order valence-corrected chi connectivity index (χ2v) is 6.09. The van der Waals surface area contributed by atoms with E-state index in [4.69, 9.17) is 0 Å². The molecule has 3 aromatic rings. The Morgan fingerprint density at radius 3 is 2.76 bits per heavy atom. The molecule has 0 saturated heterocycles. The number of benzene rings is 1. The molecule has 2 aromatic heterocycles. The molecule has 0 saturated carbocycles. The van der Waals surface area contributed by atoms with Gasteiger partial charge in [0.25, 0.3) is 0 Å². The number of thiophene rings is 1. The zero-order valence-corrected chi connectivity index (χ0v) is 13.0. The molecule has 2 heterocycles. The van der Waals surface area contributed by atoms with Crippen molar-refractivity contribution >= 4 is 28.1 Å². The highest BCUT2D eigenvalue weighted by atomic mass is 32.1. The summed E-state index contributed by atoms with van der Waals surface area (Å²) in [5, 5.41) is 6.65. The third-order valence-electron chi connectivity index (χ3n) is 3.50. The predicted octanol–water partition coefficient (Wildman–Crippen LogP) is 3.41. The minimum absolute atomic E-state index is 0.332. The van der Waals surface area contributed by atoms with E-state index in [1.807, 2.05) is 24.3 Å². The minimum atomic E-state index is 0.332. The monoisotopic (exact) mass is 298 g/mol. The Labute approximate surface area is 128 Å². The van der Waals surface area contributed by atoms with Gasteiger partial charge in [0.05, 0.1) is 11.6 Å². The van der Waals surface area contributed by atoms with Gasteiger partial charge in [-0.3, -0.25) is 0 Å². The highest BCUT2D eigenvalue weighted by molar-refractivity contribution is 7.10. The van der Waals surface area contributed by atoms with Gasteiger partial charge in [0.2, 0.25) is 0 Å². The van der Waals surface area contributed by atoms with Crippen molar-refractivity contribution in [2.24, 2.45) is 0 Å². The summed E-state index contributed by atoms with van der Waals surface area (Å²) in [5.41, 5.74) is 0.965. The Morgan fingerprint density at radius 1 is 1.14 bits per heavy atom. The molecule has 0 aliphatic carbocycles. The molecule has 0 amide bonds. The molecule has 3 rings (SSSR count). The van der Waals surface area contributed by atoms with Crippen molar-refractivity contribution in [3.63, 3.8) is 0 Å². The van der Waals surface area contributed by atoms with Gasteiger partial charge in [-0.1, -0.05) is 18.2 Å². The number of aromatic nitrogens is 2. The van der Waals surface area contributed by atoms with Gasteiger partial charge in [-0.25, -0.2) is 9.97 Å². The maximum atomic E-state index is 4.38. The van der Waals surface area contributed by atoms with Crippen LogP contribution in [0.2, 0.25) is 0 Å². The number of fused-ring (bicyclic) bond motifs is 1. The van der Waals surface area contributed by atoms with Crippen molar-refractivity contribution in [2.45, 2.75) is 6.04 Å². The van der Waals surface area contributed by atoms with E-state index in [2.05, 4.69) is 51.8 Å². The summed E-state index contributed by atoms with van der Waals surface area (Å²) < 4.78 is 0. The number of para-hydroxylation sites is 1. The fourth-order valence-corrected chi connectivity index (χ4v) is 3.28. The van der Waals surface area contributed by atoms with Crippen molar-refractivity contribution in [3.8, 4) is 0 Å². The molecular formula is C16H18N4S. The van der Waals surface area contributed by atoms with E-state index in [1.54, 1.807) is 17.7 Å². The minimum Gasteiger partial charge on any atom is -0.368 e. The SMILES string of the molecule is CN(C)[C@@H](CNc1ncnc2ccccc12)c1cccs1. The standard InChI is InChI=1S/C16H18N4S/c1-20(2)14(15-8-5-9-21-15)10-17-16-12-6-3-4-7-13(12)18-11-19-16/h3-9,11,14H,10H2,1-2H3,(H,17,18,19)/t14-/m0/s1. The highest BCUT2D eigenvalue weighted by Gasteiger charge is 2.15. The van der Waals surface area contributed by atoms with Crippen molar-refractivity contribution in [1.29, 1.82) is 0 Å². The Bertz CT molecular complexity index is 704. The van der Waals surface area contributed by atoms with E-state index < -0.39 is 0 Å². The number of nitrogens with one attached hydrogen (secondary N) is 1. The summed E-state index contributed by atoms with van der Waals surface area (Å²) in [6.07, 6.45) is 1.61. The van der Waals surface area contributed by atoms with Gasteiger partial charge in [0, 0.05) is 16.8 Å². The molecule has 0 aliphatic heterocycles. The maximum Gasteiger partial charge on any atom is 0.137 e. The van der Waals surface area contributed by atoms with Crippen LogP contribution in [0.3, 0.4) is 0 Å². The van der Waals surface area contributed by atoms with Crippen molar-refractivity contribution < 1.29 is 0 Å². The molecule has 21 heavy (non-hydrogen) atoms. The number of rotatable bonds is 5. The summed E-state index contributed by atoms with van der Waals surface area (Å²) in [6.45, 7) is 0.814. The van der Waals surface area contributed by atoms with Gasteiger partial charge >= 0.3 is 0 Å². The Balaban J connectivity index is 1.82. The maximum absolute atomic E-state index is 4.38. The van der Waals surface area contributed by atoms with Crippen LogP contribution in [0.25, 0.3) is 10.9 Å². The molecule has 1 aromatic carbocycles. The Morgan fingerprint density at radius 2 is 2.00 bits per heavy atom. The summed E-state index contributed by atoms with van der Waals surface area (Å²) in [6, 6.07) is 12.7. The molecule has 0 radical (unpaired) electrons. The molecule has 0 spiro atoms. The zero-order valence-electron chi connectivity index (χ0n) is 12.2. The molecule has 108 valence electrons. The number of likely N-dealkylation sites (N-methyl/N-ethyl adjacent to an activating group) is 1. The number of hydrogen-bond acceptors (Lipinski definition) is 5. The lowest BCUT2D eigenvalue weighted by Crippen LogP contribution is -2.26. The summed E-state index contributed by atoms with van der Waals surface area (Å²) >= 11 is 1.78. The van der Waals surface area contributed by atoms with Gasteiger partial charge in [-0.2, -0.15) is 0 Å². The first kappa shape index (κ1) is 14.0. The largest absolute Gasteiger partial charge is 0.368 e. The van der Waals surface area contributed by atoms with Gasteiger partial charge in [-0.15, -0.1) is 11.3 Å². The highest BCUT2D eigenvalue weighted by Crippen LogP contribution is 2.25.